The van der Waals surface area contributed by atoms with Crippen molar-refractivity contribution in [3.63, 3.8) is 0 Å². The maximum atomic E-state index is 12.6. The molecule has 0 spiro atoms. The summed E-state index contributed by atoms with van der Waals surface area (Å²) in [4.78, 5) is 25.0. The van der Waals surface area contributed by atoms with E-state index in [0.717, 1.165) is 19.3 Å². The molecule has 1 aromatic carbocycles. The van der Waals surface area contributed by atoms with Crippen LogP contribution in [0.3, 0.4) is 0 Å². The molecule has 0 radical (unpaired) electrons. The van der Waals surface area contributed by atoms with Gasteiger partial charge in [0, 0.05) is 16.6 Å². The second kappa shape index (κ2) is 8.49. The maximum Gasteiger partial charge on any atom is 0.251 e. The number of nitrogens with one attached hydrogen (secondary N) is 2. The first-order valence-electron chi connectivity index (χ1n) is 8.49. The predicted octanol–water partition coefficient (Wildman–Crippen LogP) is 2.34. The molecule has 1 fully saturated rings. The summed E-state index contributed by atoms with van der Waals surface area (Å²) < 4.78 is 0. The number of hydrogen-bond donors (Lipinski definition) is 3. The highest BCUT2D eigenvalue weighted by Crippen LogP contribution is 2.24. The van der Waals surface area contributed by atoms with Crippen LogP contribution in [0.25, 0.3) is 0 Å². The summed E-state index contributed by atoms with van der Waals surface area (Å²) in [6.07, 6.45) is 3.07. The highest BCUT2D eigenvalue weighted by molar-refractivity contribution is 6.30. The van der Waals surface area contributed by atoms with E-state index < -0.39 is 6.04 Å². The average Bonchev–Trinajstić information content (AvgIpc) is 2.99. The zero-order valence-corrected chi connectivity index (χ0v) is 15.0. The Morgan fingerprint density at radius 2 is 1.92 bits per heavy atom. The number of nitrogens with two attached hydrogens (primary N) is 1. The van der Waals surface area contributed by atoms with E-state index in [2.05, 4.69) is 10.6 Å². The van der Waals surface area contributed by atoms with Crippen LogP contribution in [0, 0.1) is 11.8 Å². The van der Waals surface area contributed by atoms with Crippen LogP contribution in [0.4, 0.5) is 0 Å². The molecule has 1 aliphatic rings. The van der Waals surface area contributed by atoms with Gasteiger partial charge in [0.2, 0.25) is 5.91 Å². The van der Waals surface area contributed by atoms with Gasteiger partial charge >= 0.3 is 0 Å². The zero-order chi connectivity index (χ0) is 17.7. The molecule has 0 aromatic heterocycles. The first kappa shape index (κ1) is 18.7. The highest BCUT2D eigenvalue weighted by Gasteiger charge is 2.31. The Bertz CT molecular complexity index is 574. The molecule has 2 rings (SSSR count). The summed E-state index contributed by atoms with van der Waals surface area (Å²) in [5.41, 5.74) is 6.26. The zero-order valence-electron chi connectivity index (χ0n) is 14.2. The number of rotatable bonds is 6. The van der Waals surface area contributed by atoms with E-state index in [9.17, 15) is 9.59 Å². The first-order chi connectivity index (χ1) is 11.4. The lowest BCUT2D eigenvalue weighted by atomic mass is 10.00. The highest BCUT2D eigenvalue weighted by atomic mass is 35.5. The minimum absolute atomic E-state index is 0.0148. The molecule has 0 saturated heterocycles. The van der Waals surface area contributed by atoms with Gasteiger partial charge in [-0.25, -0.2) is 0 Å². The summed E-state index contributed by atoms with van der Waals surface area (Å²) in [5.74, 6) is -0.104. The molecule has 132 valence electrons. The van der Waals surface area contributed by atoms with E-state index in [4.69, 9.17) is 17.3 Å². The normalized spacial score (nSPS) is 21.5. The van der Waals surface area contributed by atoms with Gasteiger partial charge in [0.15, 0.2) is 0 Å². The van der Waals surface area contributed by atoms with Crippen LogP contribution in [0.5, 0.6) is 0 Å². The third-order valence-electron chi connectivity index (χ3n) is 4.63. The molecular weight excluding hydrogens is 326 g/mol. The van der Waals surface area contributed by atoms with Gasteiger partial charge in [-0.05, 0) is 55.5 Å². The van der Waals surface area contributed by atoms with E-state index in [0.29, 0.717) is 23.0 Å². The van der Waals surface area contributed by atoms with Crippen molar-refractivity contribution in [2.75, 3.05) is 6.54 Å². The minimum Gasteiger partial charge on any atom is -0.351 e. The van der Waals surface area contributed by atoms with Gasteiger partial charge in [-0.2, -0.15) is 0 Å². The Kier molecular flexibility index (Phi) is 6.63. The van der Waals surface area contributed by atoms with Crippen molar-refractivity contribution in [1.29, 1.82) is 0 Å². The van der Waals surface area contributed by atoms with Crippen LogP contribution in [-0.4, -0.2) is 30.4 Å². The number of benzene rings is 1. The van der Waals surface area contributed by atoms with Crippen LogP contribution < -0.4 is 16.4 Å². The molecule has 3 unspecified atom stereocenters. The number of hydrogen-bond acceptors (Lipinski definition) is 3. The van der Waals surface area contributed by atoms with Crippen LogP contribution in [0.2, 0.25) is 5.02 Å². The van der Waals surface area contributed by atoms with Gasteiger partial charge in [-0.1, -0.05) is 31.9 Å². The lowest BCUT2D eigenvalue weighted by molar-refractivity contribution is -0.124. The Hall–Kier alpha value is -1.59. The first-order valence-corrected chi connectivity index (χ1v) is 8.87. The van der Waals surface area contributed by atoms with Crippen molar-refractivity contribution >= 4 is 23.4 Å². The van der Waals surface area contributed by atoms with E-state index >= 15 is 0 Å². The maximum absolute atomic E-state index is 12.6. The predicted molar refractivity (Wildman–Crippen MR) is 95.9 cm³/mol. The fraction of sp³-hybridized carbons (Fsp3) is 0.556. The number of amides is 2. The van der Waals surface area contributed by atoms with Crippen molar-refractivity contribution in [2.24, 2.45) is 17.6 Å². The van der Waals surface area contributed by atoms with Crippen molar-refractivity contribution in [2.45, 2.75) is 45.2 Å². The van der Waals surface area contributed by atoms with E-state index in [-0.39, 0.29) is 23.8 Å². The largest absolute Gasteiger partial charge is 0.351 e. The molecule has 5 nitrogen and oxygen atoms in total. The molecule has 2 amide bonds. The van der Waals surface area contributed by atoms with E-state index in [1.165, 1.54) is 0 Å². The molecule has 0 aliphatic heterocycles. The van der Waals surface area contributed by atoms with E-state index in [1.807, 2.05) is 13.8 Å². The Morgan fingerprint density at radius 1 is 1.25 bits per heavy atom. The molecule has 24 heavy (non-hydrogen) atoms. The summed E-state index contributed by atoms with van der Waals surface area (Å²) in [7, 11) is 0. The summed E-state index contributed by atoms with van der Waals surface area (Å²) in [6.45, 7) is 4.41. The van der Waals surface area contributed by atoms with Gasteiger partial charge in [-0.3, -0.25) is 9.59 Å². The molecule has 0 bridgehead atoms. The topological polar surface area (TPSA) is 84.2 Å². The monoisotopic (exact) mass is 351 g/mol. The van der Waals surface area contributed by atoms with Crippen LogP contribution in [0.1, 0.15) is 43.5 Å². The number of carbonyl (C=O) groups excluding carboxylic acids is 2. The second-order valence-corrected chi connectivity index (χ2v) is 7.18. The smallest absolute Gasteiger partial charge is 0.251 e. The van der Waals surface area contributed by atoms with Crippen LogP contribution in [-0.2, 0) is 4.79 Å². The van der Waals surface area contributed by atoms with Crippen molar-refractivity contribution in [3.8, 4) is 0 Å². The molecule has 4 N–H and O–H groups in total. The third kappa shape index (κ3) is 4.71. The number of carbonyl (C=O) groups is 2. The molecule has 3 atom stereocenters. The van der Waals surface area contributed by atoms with Gasteiger partial charge < -0.3 is 16.4 Å². The second-order valence-electron chi connectivity index (χ2n) is 6.74. The van der Waals surface area contributed by atoms with Crippen molar-refractivity contribution in [1.82, 2.24) is 10.6 Å². The fourth-order valence-corrected chi connectivity index (χ4v) is 3.27. The van der Waals surface area contributed by atoms with Crippen LogP contribution in [0.15, 0.2) is 24.3 Å². The number of halogens is 1. The molecule has 1 aliphatic carbocycles. The lowest BCUT2D eigenvalue weighted by Crippen LogP contribution is -2.53. The summed E-state index contributed by atoms with van der Waals surface area (Å²) in [6, 6.07) is 6.14. The van der Waals surface area contributed by atoms with Gasteiger partial charge in [0.05, 0.1) is 0 Å². The van der Waals surface area contributed by atoms with Crippen LogP contribution >= 0.6 is 11.6 Å². The Labute approximate surface area is 148 Å². The Balaban J connectivity index is 2.01. The van der Waals surface area contributed by atoms with Gasteiger partial charge in [0.1, 0.15) is 6.04 Å². The minimum atomic E-state index is -0.577. The molecular formula is C18H26ClN3O2. The van der Waals surface area contributed by atoms with E-state index in [1.54, 1.807) is 24.3 Å². The third-order valence-corrected chi connectivity index (χ3v) is 4.88. The Morgan fingerprint density at radius 3 is 2.50 bits per heavy atom. The standard InChI is InChI=1S/C18H26ClN3O2/c1-11(2)16(18(24)21-15-5-3-4-13(15)10-20)22-17(23)12-6-8-14(19)9-7-12/h6-9,11,13,15-16H,3-5,10,20H2,1-2H3,(H,21,24)(H,22,23). The van der Waals surface area contributed by atoms with Crippen molar-refractivity contribution < 1.29 is 9.59 Å². The molecule has 1 saturated carbocycles. The SMILES string of the molecule is CC(C)C(NC(=O)c1ccc(Cl)cc1)C(=O)NC1CCCC1CN. The average molecular weight is 352 g/mol. The fourth-order valence-electron chi connectivity index (χ4n) is 3.14. The summed E-state index contributed by atoms with van der Waals surface area (Å²) >= 11 is 5.84. The van der Waals surface area contributed by atoms with Gasteiger partial charge in [0.25, 0.3) is 5.91 Å². The lowest BCUT2D eigenvalue weighted by Gasteiger charge is -2.26. The summed E-state index contributed by atoms with van der Waals surface area (Å²) in [5, 5.41) is 6.47. The molecule has 6 heteroatoms. The molecule has 1 aromatic rings. The van der Waals surface area contributed by atoms with Crippen molar-refractivity contribution in [3.05, 3.63) is 34.9 Å². The quantitative estimate of drug-likeness (QED) is 0.735. The molecule has 0 heterocycles. The van der Waals surface area contributed by atoms with Gasteiger partial charge in [-0.15, -0.1) is 0 Å².